The van der Waals surface area contributed by atoms with E-state index in [1.54, 1.807) is 17.2 Å². The number of amides is 1. The van der Waals surface area contributed by atoms with Crippen LogP contribution in [0.15, 0.2) is 60.8 Å². The summed E-state index contributed by atoms with van der Waals surface area (Å²) in [5, 5.41) is 3.40. The second-order valence-electron chi connectivity index (χ2n) is 7.58. The SMILES string of the molecule is COc1c(F)cccc1C(=O)N1CCCC(Nc2nccc(-c3ccccc3)n2)C1C. The number of benzene rings is 2. The van der Waals surface area contributed by atoms with Crippen molar-refractivity contribution < 1.29 is 13.9 Å². The molecule has 0 aliphatic carbocycles. The number of piperidine rings is 1. The van der Waals surface area contributed by atoms with E-state index < -0.39 is 5.82 Å². The van der Waals surface area contributed by atoms with Crippen molar-refractivity contribution in [3.05, 3.63) is 72.2 Å². The summed E-state index contributed by atoms with van der Waals surface area (Å²) < 4.78 is 19.2. The van der Waals surface area contributed by atoms with Gasteiger partial charge in [-0.05, 0) is 38.0 Å². The van der Waals surface area contributed by atoms with Gasteiger partial charge in [-0.3, -0.25) is 4.79 Å². The van der Waals surface area contributed by atoms with Gasteiger partial charge in [0.25, 0.3) is 5.91 Å². The summed E-state index contributed by atoms with van der Waals surface area (Å²) in [6.07, 6.45) is 3.43. The number of para-hydroxylation sites is 1. The summed E-state index contributed by atoms with van der Waals surface area (Å²) in [6.45, 7) is 2.59. The highest BCUT2D eigenvalue weighted by atomic mass is 19.1. The average Bonchev–Trinajstić information content (AvgIpc) is 2.80. The topological polar surface area (TPSA) is 67.3 Å². The summed E-state index contributed by atoms with van der Waals surface area (Å²) in [4.78, 5) is 24.0. The minimum atomic E-state index is -0.543. The minimum Gasteiger partial charge on any atom is -0.493 e. The summed E-state index contributed by atoms with van der Waals surface area (Å²) in [5.41, 5.74) is 2.08. The lowest BCUT2D eigenvalue weighted by Crippen LogP contribution is -2.52. The molecular weight excluding hydrogens is 395 g/mol. The predicted octanol–water partition coefficient (Wildman–Crippen LogP) is 4.40. The lowest BCUT2D eigenvalue weighted by Gasteiger charge is -2.40. The van der Waals surface area contributed by atoms with E-state index in [2.05, 4.69) is 15.3 Å². The van der Waals surface area contributed by atoms with Gasteiger partial charge in [-0.15, -0.1) is 0 Å². The quantitative estimate of drug-likeness (QED) is 0.663. The number of ether oxygens (including phenoxy) is 1. The smallest absolute Gasteiger partial charge is 0.258 e. The molecule has 1 fully saturated rings. The van der Waals surface area contributed by atoms with Crippen LogP contribution in [0, 0.1) is 5.82 Å². The lowest BCUT2D eigenvalue weighted by atomic mass is 9.96. The minimum absolute atomic E-state index is 0.0197. The monoisotopic (exact) mass is 420 g/mol. The molecule has 0 radical (unpaired) electrons. The molecule has 1 aliphatic rings. The Morgan fingerprint density at radius 2 is 1.97 bits per heavy atom. The van der Waals surface area contributed by atoms with Crippen molar-refractivity contribution in [2.45, 2.75) is 31.8 Å². The summed E-state index contributed by atoms with van der Waals surface area (Å²) in [5.74, 6) is -0.280. The molecule has 2 aromatic carbocycles. The third kappa shape index (κ3) is 4.35. The van der Waals surface area contributed by atoms with Gasteiger partial charge in [-0.1, -0.05) is 36.4 Å². The van der Waals surface area contributed by atoms with Gasteiger partial charge in [0.15, 0.2) is 11.6 Å². The number of hydrogen-bond donors (Lipinski definition) is 1. The largest absolute Gasteiger partial charge is 0.493 e. The summed E-state index contributed by atoms with van der Waals surface area (Å²) in [6, 6.07) is 16.0. The fraction of sp³-hybridized carbons (Fsp3) is 0.292. The van der Waals surface area contributed by atoms with E-state index in [9.17, 15) is 9.18 Å². The Morgan fingerprint density at radius 1 is 1.16 bits per heavy atom. The molecular formula is C24H25FN4O2. The number of anilines is 1. The number of carbonyl (C=O) groups excluding carboxylic acids is 1. The Balaban J connectivity index is 1.53. The van der Waals surface area contributed by atoms with Gasteiger partial charge in [0.2, 0.25) is 5.95 Å². The highest BCUT2D eigenvalue weighted by Gasteiger charge is 2.33. The predicted molar refractivity (Wildman–Crippen MR) is 118 cm³/mol. The van der Waals surface area contributed by atoms with E-state index in [0.717, 1.165) is 24.1 Å². The van der Waals surface area contributed by atoms with Gasteiger partial charge in [0.05, 0.1) is 18.4 Å². The molecule has 3 aromatic rings. The Labute approximate surface area is 181 Å². The van der Waals surface area contributed by atoms with Crippen LogP contribution in [0.2, 0.25) is 0 Å². The van der Waals surface area contributed by atoms with Crippen LogP contribution in [0.1, 0.15) is 30.1 Å². The first-order valence-electron chi connectivity index (χ1n) is 10.4. The summed E-state index contributed by atoms with van der Waals surface area (Å²) >= 11 is 0. The highest BCUT2D eigenvalue weighted by molar-refractivity contribution is 5.97. The molecule has 160 valence electrons. The Bertz CT molecular complexity index is 1060. The van der Waals surface area contributed by atoms with Crippen LogP contribution in [0.4, 0.5) is 10.3 Å². The molecule has 1 amide bonds. The first-order valence-corrected chi connectivity index (χ1v) is 10.4. The zero-order valence-electron chi connectivity index (χ0n) is 17.6. The number of nitrogens with one attached hydrogen (secondary N) is 1. The van der Waals surface area contributed by atoms with Crippen molar-refractivity contribution in [1.29, 1.82) is 0 Å². The van der Waals surface area contributed by atoms with Crippen molar-refractivity contribution in [3.63, 3.8) is 0 Å². The Kier molecular flexibility index (Phi) is 6.11. The van der Waals surface area contributed by atoms with Gasteiger partial charge >= 0.3 is 0 Å². The van der Waals surface area contributed by atoms with E-state index in [1.807, 2.05) is 43.3 Å². The molecule has 2 atom stereocenters. The zero-order valence-corrected chi connectivity index (χ0v) is 17.6. The van der Waals surface area contributed by atoms with Crippen LogP contribution in [-0.2, 0) is 0 Å². The van der Waals surface area contributed by atoms with Crippen LogP contribution in [0.5, 0.6) is 5.75 Å². The Hall–Kier alpha value is -3.48. The highest BCUT2D eigenvalue weighted by Crippen LogP contribution is 2.28. The molecule has 2 unspecified atom stereocenters. The number of hydrogen-bond acceptors (Lipinski definition) is 5. The van der Waals surface area contributed by atoms with E-state index in [1.165, 1.54) is 19.2 Å². The molecule has 0 bridgehead atoms. The Morgan fingerprint density at radius 3 is 2.74 bits per heavy atom. The number of rotatable bonds is 5. The normalized spacial score (nSPS) is 18.5. The molecule has 31 heavy (non-hydrogen) atoms. The van der Waals surface area contributed by atoms with Crippen molar-refractivity contribution >= 4 is 11.9 Å². The van der Waals surface area contributed by atoms with E-state index in [0.29, 0.717) is 12.5 Å². The first-order chi connectivity index (χ1) is 15.1. The molecule has 1 aliphatic heterocycles. The van der Waals surface area contributed by atoms with Crippen molar-refractivity contribution in [3.8, 4) is 17.0 Å². The molecule has 4 rings (SSSR count). The molecule has 1 saturated heterocycles. The molecule has 0 saturated carbocycles. The van der Waals surface area contributed by atoms with Crippen molar-refractivity contribution in [1.82, 2.24) is 14.9 Å². The van der Waals surface area contributed by atoms with Crippen LogP contribution in [-0.4, -0.2) is 46.5 Å². The van der Waals surface area contributed by atoms with E-state index in [-0.39, 0.29) is 29.3 Å². The number of methoxy groups -OCH3 is 1. The lowest BCUT2D eigenvalue weighted by molar-refractivity contribution is 0.0612. The van der Waals surface area contributed by atoms with Crippen molar-refractivity contribution in [2.24, 2.45) is 0 Å². The molecule has 0 spiro atoms. The fourth-order valence-electron chi connectivity index (χ4n) is 4.03. The van der Waals surface area contributed by atoms with Crippen LogP contribution in [0.3, 0.4) is 0 Å². The standard InChI is InChI=1S/C24H25FN4O2/c1-16-20(27-24-26-14-13-21(28-24)17-8-4-3-5-9-17)12-7-15-29(16)23(30)18-10-6-11-19(25)22(18)31-2/h3-6,8-11,13-14,16,20H,7,12,15H2,1-2H3,(H,26,27,28). The number of aromatic nitrogens is 2. The van der Waals surface area contributed by atoms with E-state index >= 15 is 0 Å². The van der Waals surface area contributed by atoms with Crippen LogP contribution >= 0.6 is 0 Å². The third-order valence-corrected chi connectivity index (χ3v) is 5.69. The maximum Gasteiger partial charge on any atom is 0.258 e. The molecule has 1 N–H and O–H groups in total. The third-order valence-electron chi connectivity index (χ3n) is 5.69. The number of likely N-dealkylation sites (tertiary alicyclic amines) is 1. The second-order valence-corrected chi connectivity index (χ2v) is 7.58. The van der Waals surface area contributed by atoms with Gasteiger partial charge in [-0.25, -0.2) is 14.4 Å². The first kappa shape index (κ1) is 20.8. The van der Waals surface area contributed by atoms with Gasteiger partial charge in [0, 0.05) is 30.4 Å². The molecule has 2 heterocycles. The molecule has 6 nitrogen and oxygen atoms in total. The maximum atomic E-state index is 14.1. The van der Waals surface area contributed by atoms with Gasteiger partial charge in [-0.2, -0.15) is 0 Å². The molecule has 1 aromatic heterocycles. The number of halogens is 1. The van der Waals surface area contributed by atoms with Gasteiger partial charge < -0.3 is 15.0 Å². The number of carbonyl (C=O) groups is 1. The maximum absolute atomic E-state index is 14.1. The van der Waals surface area contributed by atoms with Gasteiger partial charge in [0.1, 0.15) is 0 Å². The second kappa shape index (κ2) is 9.12. The number of nitrogens with zero attached hydrogens (tertiary/aromatic N) is 3. The van der Waals surface area contributed by atoms with Crippen molar-refractivity contribution in [2.75, 3.05) is 19.0 Å². The zero-order chi connectivity index (χ0) is 21.8. The van der Waals surface area contributed by atoms with Crippen LogP contribution in [0.25, 0.3) is 11.3 Å². The average molecular weight is 420 g/mol. The summed E-state index contributed by atoms with van der Waals surface area (Å²) in [7, 11) is 1.37. The van der Waals surface area contributed by atoms with Crippen LogP contribution < -0.4 is 10.1 Å². The fourth-order valence-corrected chi connectivity index (χ4v) is 4.03. The molecule has 7 heteroatoms. The van der Waals surface area contributed by atoms with E-state index in [4.69, 9.17) is 4.74 Å².